The van der Waals surface area contributed by atoms with Crippen LogP contribution in [0.5, 0.6) is 0 Å². The minimum absolute atomic E-state index is 0.0662. The maximum absolute atomic E-state index is 6.03. The molecule has 0 radical (unpaired) electrons. The van der Waals surface area contributed by atoms with E-state index >= 15 is 0 Å². The molecule has 0 aromatic carbocycles. The zero-order chi connectivity index (χ0) is 14.6. The molecule has 0 spiro atoms. The summed E-state index contributed by atoms with van der Waals surface area (Å²) in [5.41, 5.74) is 1.12. The van der Waals surface area contributed by atoms with Crippen LogP contribution in [0, 0.1) is 0 Å². The first kappa shape index (κ1) is 17.6. The second-order valence-electron chi connectivity index (χ2n) is 5.83. The number of hydrogen-bond donors (Lipinski definition) is 0. The van der Waals surface area contributed by atoms with E-state index in [1.807, 2.05) is 17.8 Å². The Morgan fingerprint density at radius 1 is 1.00 bits per heavy atom. The van der Waals surface area contributed by atoms with Gasteiger partial charge in [0.25, 0.3) is 0 Å². The number of halogens is 1. The fraction of sp³-hybridized carbons (Fsp3) is 0.824. The first-order valence-corrected chi connectivity index (χ1v) is 8.84. The van der Waals surface area contributed by atoms with Crippen LogP contribution in [0.15, 0.2) is 12.4 Å². The van der Waals surface area contributed by atoms with E-state index in [0.29, 0.717) is 0 Å². The molecule has 1 atom stereocenters. The molecule has 1 rings (SSSR count). The van der Waals surface area contributed by atoms with Crippen molar-refractivity contribution in [3.05, 3.63) is 18.0 Å². The van der Waals surface area contributed by atoms with Crippen LogP contribution in [0.1, 0.15) is 89.0 Å². The Kier molecular flexibility index (Phi) is 9.82. The molecule has 1 unspecified atom stereocenters. The highest BCUT2D eigenvalue weighted by Gasteiger charge is 2.03. The second kappa shape index (κ2) is 11.2. The van der Waals surface area contributed by atoms with Crippen molar-refractivity contribution in [2.75, 3.05) is 0 Å². The van der Waals surface area contributed by atoms with Gasteiger partial charge < -0.3 is 0 Å². The van der Waals surface area contributed by atoms with E-state index in [1.54, 1.807) is 0 Å². The number of rotatable bonds is 12. The highest BCUT2D eigenvalue weighted by atomic mass is 35.5. The van der Waals surface area contributed by atoms with Crippen LogP contribution in [0.25, 0.3) is 0 Å². The maximum Gasteiger partial charge on any atom is 0.0588 e. The molecule has 1 aromatic heterocycles. The van der Waals surface area contributed by atoms with Gasteiger partial charge >= 0.3 is 0 Å². The molecule has 1 heterocycles. The SMILES string of the molecule is CCCCCCCCCCCCn1cc(C(C)Cl)cn1. The number of unbranched alkanes of at least 4 members (excludes halogenated alkanes) is 9. The van der Waals surface area contributed by atoms with Crippen molar-refractivity contribution in [1.82, 2.24) is 9.78 Å². The molecule has 0 bridgehead atoms. The molecule has 3 heteroatoms. The van der Waals surface area contributed by atoms with Gasteiger partial charge in [-0.25, -0.2) is 0 Å². The summed E-state index contributed by atoms with van der Waals surface area (Å²) in [5, 5.41) is 4.41. The predicted molar refractivity (Wildman–Crippen MR) is 88.3 cm³/mol. The molecule has 20 heavy (non-hydrogen) atoms. The van der Waals surface area contributed by atoms with Crippen molar-refractivity contribution in [1.29, 1.82) is 0 Å². The maximum atomic E-state index is 6.03. The largest absolute Gasteiger partial charge is 0.272 e. The third-order valence-electron chi connectivity index (χ3n) is 3.85. The lowest BCUT2D eigenvalue weighted by molar-refractivity contribution is 0.515. The monoisotopic (exact) mass is 298 g/mol. The summed E-state index contributed by atoms with van der Waals surface area (Å²) in [5.74, 6) is 0. The molecule has 0 N–H and O–H groups in total. The Morgan fingerprint density at radius 3 is 2.05 bits per heavy atom. The van der Waals surface area contributed by atoms with Crippen LogP contribution in [-0.4, -0.2) is 9.78 Å². The van der Waals surface area contributed by atoms with Crippen molar-refractivity contribution < 1.29 is 0 Å². The molecule has 116 valence electrons. The van der Waals surface area contributed by atoms with Gasteiger partial charge in [0.2, 0.25) is 0 Å². The smallest absolute Gasteiger partial charge is 0.0588 e. The van der Waals surface area contributed by atoms with Crippen LogP contribution < -0.4 is 0 Å². The molecule has 2 nitrogen and oxygen atoms in total. The van der Waals surface area contributed by atoms with E-state index in [2.05, 4.69) is 18.2 Å². The highest BCUT2D eigenvalue weighted by molar-refractivity contribution is 6.20. The van der Waals surface area contributed by atoms with E-state index < -0.39 is 0 Å². The topological polar surface area (TPSA) is 17.8 Å². The molecule has 0 saturated heterocycles. The van der Waals surface area contributed by atoms with Crippen LogP contribution in [0.2, 0.25) is 0 Å². The number of nitrogens with zero attached hydrogens (tertiary/aromatic N) is 2. The summed E-state index contributed by atoms with van der Waals surface area (Å²) in [4.78, 5) is 0. The summed E-state index contributed by atoms with van der Waals surface area (Å²) >= 11 is 6.03. The van der Waals surface area contributed by atoms with Gasteiger partial charge in [-0.3, -0.25) is 4.68 Å². The Balaban J connectivity index is 1.91. The number of aryl methyl sites for hydroxylation is 1. The lowest BCUT2D eigenvalue weighted by Crippen LogP contribution is -1.98. The third-order valence-corrected chi connectivity index (χ3v) is 4.11. The third kappa shape index (κ3) is 7.94. The first-order chi connectivity index (χ1) is 9.74. The predicted octanol–water partition coefficient (Wildman–Crippen LogP) is 6.10. The minimum Gasteiger partial charge on any atom is -0.272 e. The minimum atomic E-state index is 0.0662. The van der Waals surface area contributed by atoms with Gasteiger partial charge in [-0.1, -0.05) is 64.7 Å². The Morgan fingerprint density at radius 2 is 1.55 bits per heavy atom. The van der Waals surface area contributed by atoms with Crippen molar-refractivity contribution in [2.45, 2.75) is 90.0 Å². The highest BCUT2D eigenvalue weighted by Crippen LogP contribution is 2.18. The Bertz CT molecular complexity index is 333. The van der Waals surface area contributed by atoms with Gasteiger partial charge in [-0.2, -0.15) is 5.10 Å². The van der Waals surface area contributed by atoms with Gasteiger partial charge in [-0.15, -0.1) is 11.6 Å². The Hall–Kier alpha value is -0.500. The van der Waals surface area contributed by atoms with Gasteiger partial charge in [0.1, 0.15) is 0 Å². The average molecular weight is 299 g/mol. The van der Waals surface area contributed by atoms with E-state index in [0.717, 1.165) is 12.1 Å². The number of alkyl halides is 1. The van der Waals surface area contributed by atoms with E-state index in [4.69, 9.17) is 11.6 Å². The van der Waals surface area contributed by atoms with Gasteiger partial charge in [-0.05, 0) is 13.3 Å². The van der Waals surface area contributed by atoms with Crippen molar-refractivity contribution in [3.8, 4) is 0 Å². The molecule has 0 amide bonds. The molecule has 0 aliphatic heterocycles. The van der Waals surface area contributed by atoms with E-state index in [1.165, 1.54) is 64.2 Å². The molecule has 0 saturated carbocycles. The summed E-state index contributed by atoms with van der Waals surface area (Å²) < 4.78 is 2.03. The molecular weight excluding hydrogens is 268 g/mol. The summed E-state index contributed by atoms with van der Waals surface area (Å²) in [7, 11) is 0. The first-order valence-electron chi connectivity index (χ1n) is 8.40. The zero-order valence-corrected chi connectivity index (χ0v) is 14.0. The van der Waals surface area contributed by atoms with Crippen molar-refractivity contribution in [2.24, 2.45) is 0 Å². The number of hydrogen-bond acceptors (Lipinski definition) is 1. The lowest BCUT2D eigenvalue weighted by atomic mass is 10.1. The van der Waals surface area contributed by atoms with Crippen molar-refractivity contribution >= 4 is 11.6 Å². The van der Waals surface area contributed by atoms with E-state index in [9.17, 15) is 0 Å². The molecule has 0 aliphatic carbocycles. The second-order valence-corrected chi connectivity index (χ2v) is 6.49. The quantitative estimate of drug-likeness (QED) is 0.336. The fourth-order valence-electron chi connectivity index (χ4n) is 2.47. The summed E-state index contributed by atoms with van der Waals surface area (Å²) in [6.07, 6.45) is 17.7. The lowest BCUT2D eigenvalue weighted by Gasteiger charge is -2.03. The molecular formula is C17H31ClN2. The summed E-state index contributed by atoms with van der Waals surface area (Å²) in [6, 6.07) is 0. The standard InChI is InChI=1S/C17H31ClN2/c1-3-4-5-6-7-8-9-10-11-12-13-20-15-17(14-19-20)16(2)18/h14-16H,3-13H2,1-2H3. The zero-order valence-electron chi connectivity index (χ0n) is 13.3. The average Bonchev–Trinajstić information content (AvgIpc) is 2.90. The summed E-state index contributed by atoms with van der Waals surface area (Å²) in [6.45, 7) is 5.29. The van der Waals surface area contributed by atoms with Crippen LogP contribution in [-0.2, 0) is 6.54 Å². The fourth-order valence-corrected chi connectivity index (χ4v) is 2.58. The molecule has 0 fully saturated rings. The van der Waals surface area contributed by atoms with Crippen LogP contribution >= 0.6 is 11.6 Å². The van der Waals surface area contributed by atoms with Gasteiger partial charge in [0, 0.05) is 18.3 Å². The van der Waals surface area contributed by atoms with Crippen LogP contribution in [0.4, 0.5) is 0 Å². The molecule has 1 aromatic rings. The van der Waals surface area contributed by atoms with Gasteiger partial charge in [0.15, 0.2) is 0 Å². The van der Waals surface area contributed by atoms with Crippen molar-refractivity contribution in [3.63, 3.8) is 0 Å². The Labute approximate surface area is 129 Å². The van der Waals surface area contributed by atoms with E-state index in [-0.39, 0.29) is 5.38 Å². The van der Waals surface area contributed by atoms with Gasteiger partial charge in [0.05, 0.1) is 11.6 Å². The van der Waals surface area contributed by atoms with Crippen LogP contribution in [0.3, 0.4) is 0 Å². The normalized spacial score (nSPS) is 12.8. The molecule has 0 aliphatic rings. The number of aromatic nitrogens is 2.